The second-order valence-electron chi connectivity index (χ2n) is 11.5. The van der Waals surface area contributed by atoms with E-state index in [0.29, 0.717) is 0 Å². The zero-order chi connectivity index (χ0) is 30.4. The van der Waals surface area contributed by atoms with Crippen LogP contribution < -0.4 is 17.2 Å². The molecule has 0 amide bonds. The molecule has 6 N–H and O–H groups in total. The van der Waals surface area contributed by atoms with Crippen molar-refractivity contribution in [2.45, 2.75) is 33.2 Å². The fourth-order valence-corrected chi connectivity index (χ4v) is 5.52. The highest BCUT2D eigenvalue weighted by Gasteiger charge is 2.27. The molecule has 43 heavy (non-hydrogen) atoms. The third kappa shape index (κ3) is 6.63. The third-order valence-electron chi connectivity index (χ3n) is 8.52. The van der Waals surface area contributed by atoms with Crippen molar-refractivity contribution in [3.05, 3.63) is 161 Å². The molecule has 0 aliphatic heterocycles. The van der Waals surface area contributed by atoms with Crippen LogP contribution in [-0.4, -0.2) is 0 Å². The smallest absolute Gasteiger partial charge is 0.0548 e. The van der Waals surface area contributed by atoms with Gasteiger partial charge < -0.3 is 17.2 Å². The first-order valence-electron chi connectivity index (χ1n) is 14.9. The van der Waals surface area contributed by atoms with Crippen LogP contribution in [0, 0.1) is 5.41 Å². The Morgan fingerprint density at radius 2 is 1.56 bits per heavy atom. The lowest BCUT2D eigenvalue weighted by molar-refractivity contribution is 0.515. The summed E-state index contributed by atoms with van der Waals surface area (Å²) in [5, 5.41) is 0. The standard InChI is InChI=1S/C40H41N3/c1-4-5-16-37(41)33-13-9-14-34(27-33)39(43)32-22-24-40(3,25-23-32)28(2)26-36-35(15-10-17-38(36)42)31-20-18-30(19-21-31)29-11-7-6-8-12-29/h4-24,26-27,39H,25,41-43H2,1-3H3/b5-4-,28-26+,37-16-. The Kier molecular flexibility index (Phi) is 8.94. The van der Waals surface area contributed by atoms with E-state index in [1.165, 1.54) is 16.7 Å². The Hall–Kier alpha value is -4.86. The summed E-state index contributed by atoms with van der Waals surface area (Å²) < 4.78 is 0. The molecule has 0 aromatic heterocycles. The average molecular weight is 564 g/mol. The van der Waals surface area contributed by atoms with Crippen LogP contribution in [0.25, 0.3) is 34.0 Å². The highest BCUT2D eigenvalue weighted by atomic mass is 14.6. The van der Waals surface area contributed by atoms with E-state index in [1.54, 1.807) is 0 Å². The molecule has 2 atom stereocenters. The van der Waals surface area contributed by atoms with Crippen molar-refractivity contribution in [2.24, 2.45) is 16.9 Å². The van der Waals surface area contributed by atoms with Crippen LogP contribution in [0.15, 0.2) is 145 Å². The maximum absolute atomic E-state index is 6.75. The van der Waals surface area contributed by atoms with Crippen LogP contribution in [0.4, 0.5) is 5.69 Å². The van der Waals surface area contributed by atoms with Crippen molar-refractivity contribution in [1.29, 1.82) is 0 Å². The molecule has 4 aromatic carbocycles. The number of hydrogen-bond donors (Lipinski definition) is 3. The van der Waals surface area contributed by atoms with Crippen LogP contribution in [0.1, 0.15) is 49.9 Å². The fourth-order valence-electron chi connectivity index (χ4n) is 5.52. The summed E-state index contributed by atoms with van der Waals surface area (Å²) in [6, 6.07) is 33.3. The van der Waals surface area contributed by atoms with Crippen LogP contribution in [0.5, 0.6) is 0 Å². The van der Waals surface area contributed by atoms with Gasteiger partial charge in [0.15, 0.2) is 0 Å². The van der Waals surface area contributed by atoms with E-state index in [4.69, 9.17) is 17.2 Å². The molecular formula is C40H41N3. The van der Waals surface area contributed by atoms with E-state index in [0.717, 1.165) is 51.2 Å². The summed E-state index contributed by atoms with van der Waals surface area (Å²) >= 11 is 0. The Labute approximate surface area is 256 Å². The molecule has 2 unspecified atom stereocenters. The molecule has 0 heterocycles. The molecule has 3 heteroatoms. The molecule has 4 aromatic rings. The predicted octanol–water partition coefficient (Wildman–Crippen LogP) is 9.47. The highest BCUT2D eigenvalue weighted by molar-refractivity contribution is 5.84. The molecule has 5 rings (SSSR count). The Morgan fingerprint density at radius 1 is 0.860 bits per heavy atom. The van der Waals surface area contributed by atoms with Crippen LogP contribution in [0.2, 0.25) is 0 Å². The monoisotopic (exact) mass is 563 g/mol. The first-order chi connectivity index (χ1) is 20.8. The first kappa shape index (κ1) is 29.6. The van der Waals surface area contributed by atoms with Crippen molar-refractivity contribution in [1.82, 2.24) is 0 Å². The molecular weight excluding hydrogens is 522 g/mol. The normalized spacial score (nSPS) is 18.1. The van der Waals surface area contributed by atoms with Crippen molar-refractivity contribution < 1.29 is 0 Å². The van der Waals surface area contributed by atoms with Gasteiger partial charge in [0.2, 0.25) is 0 Å². The second-order valence-corrected chi connectivity index (χ2v) is 11.5. The van der Waals surface area contributed by atoms with Gasteiger partial charge >= 0.3 is 0 Å². The molecule has 1 aliphatic carbocycles. The van der Waals surface area contributed by atoms with Crippen molar-refractivity contribution >= 4 is 17.5 Å². The summed E-state index contributed by atoms with van der Waals surface area (Å²) in [6.07, 6.45) is 15.7. The van der Waals surface area contributed by atoms with Crippen molar-refractivity contribution in [3.63, 3.8) is 0 Å². The summed E-state index contributed by atoms with van der Waals surface area (Å²) in [6.45, 7) is 6.44. The summed E-state index contributed by atoms with van der Waals surface area (Å²) in [7, 11) is 0. The van der Waals surface area contributed by atoms with Crippen LogP contribution in [-0.2, 0) is 0 Å². The van der Waals surface area contributed by atoms with Crippen LogP contribution in [0.3, 0.4) is 0 Å². The second kappa shape index (κ2) is 13.0. The highest BCUT2D eigenvalue weighted by Crippen LogP contribution is 2.41. The van der Waals surface area contributed by atoms with E-state index in [9.17, 15) is 0 Å². The van der Waals surface area contributed by atoms with Crippen molar-refractivity contribution in [2.75, 3.05) is 5.73 Å². The lowest BCUT2D eigenvalue weighted by atomic mass is 9.74. The van der Waals surface area contributed by atoms with Gasteiger partial charge in [-0.3, -0.25) is 0 Å². The molecule has 0 saturated carbocycles. The lowest BCUT2D eigenvalue weighted by Crippen LogP contribution is -2.20. The van der Waals surface area contributed by atoms with Gasteiger partial charge in [0, 0.05) is 22.4 Å². The minimum absolute atomic E-state index is 0.151. The van der Waals surface area contributed by atoms with E-state index in [1.807, 2.05) is 55.5 Å². The zero-order valence-electron chi connectivity index (χ0n) is 25.3. The summed E-state index contributed by atoms with van der Waals surface area (Å²) in [5.41, 5.74) is 31.1. The molecule has 0 spiro atoms. The number of benzene rings is 4. The van der Waals surface area contributed by atoms with E-state index in [2.05, 4.69) is 105 Å². The van der Waals surface area contributed by atoms with Crippen molar-refractivity contribution in [3.8, 4) is 22.3 Å². The maximum Gasteiger partial charge on any atom is 0.0548 e. The summed E-state index contributed by atoms with van der Waals surface area (Å²) in [4.78, 5) is 0. The van der Waals surface area contributed by atoms with Gasteiger partial charge in [-0.25, -0.2) is 0 Å². The van der Waals surface area contributed by atoms with Gasteiger partial charge in [-0.1, -0.05) is 134 Å². The van der Waals surface area contributed by atoms with Gasteiger partial charge in [-0.05, 0) is 77.4 Å². The van der Waals surface area contributed by atoms with Gasteiger partial charge in [-0.15, -0.1) is 0 Å². The van der Waals surface area contributed by atoms with Gasteiger partial charge in [-0.2, -0.15) is 0 Å². The number of nitrogens with two attached hydrogens (primary N) is 3. The minimum atomic E-state index is -0.227. The Bertz CT molecular complexity index is 1740. The SMILES string of the molecule is C/C=C\C=C(/N)c1cccc(C(N)C2=CCC(C)(/C(C)=C/c3c(N)cccc3-c3ccc(-c4ccccc4)cc3)C=C2)c1. The van der Waals surface area contributed by atoms with E-state index < -0.39 is 0 Å². The number of anilines is 1. The Balaban J connectivity index is 1.37. The molecule has 0 fully saturated rings. The fraction of sp³-hybridized carbons (Fsp3) is 0.150. The van der Waals surface area contributed by atoms with Gasteiger partial charge in [0.25, 0.3) is 0 Å². The number of rotatable bonds is 8. The molecule has 0 saturated heterocycles. The first-order valence-corrected chi connectivity index (χ1v) is 14.9. The molecule has 3 nitrogen and oxygen atoms in total. The van der Waals surface area contributed by atoms with E-state index >= 15 is 0 Å². The van der Waals surface area contributed by atoms with Gasteiger partial charge in [0.1, 0.15) is 0 Å². The minimum Gasteiger partial charge on any atom is -0.398 e. The molecule has 0 radical (unpaired) electrons. The summed E-state index contributed by atoms with van der Waals surface area (Å²) in [5.74, 6) is 0. The van der Waals surface area contributed by atoms with Crippen LogP contribution >= 0.6 is 0 Å². The topological polar surface area (TPSA) is 78.1 Å². The molecule has 1 aliphatic rings. The number of hydrogen-bond acceptors (Lipinski definition) is 3. The lowest BCUT2D eigenvalue weighted by Gasteiger charge is -2.31. The average Bonchev–Trinajstić information content (AvgIpc) is 3.05. The quantitative estimate of drug-likeness (QED) is 0.148. The van der Waals surface area contributed by atoms with E-state index in [-0.39, 0.29) is 11.5 Å². The molecule has 0 bridgehead atoms. The Morgan fingerprint density at radius 3 is 2.26 bits per heavy atom. The predicted molar refractivity (Wildman–Crippen MR) is 186 cm³/mol. The maximum atomic E-state index is 6.75. The van der Waals surface area contributed by atoms with Gasteiger partial charge in [0.05, 0.1) is 6.04 Å². The number of nitrogen functional groups attached to an aromatic ring is 1. The largest absolute Gasteiger partial charge is 0.398 e. The zero-order valence-corrected chi connectivity index (χ0v) is 25.3. The molecule has 216 valence electrons. The third-order valence-corrected chi connectivity index (χ3v) is 8.52. The number of allylic oxidation sites excluding steroid dienone is 6.